The molecule has 0 aliphatic carbocycles. The van der Waals surface area contributed by atoms with E-state index in [1.165, 1.54) is 0 Å². The fourth-order valence-corrected chi connectivity index (χ4v) is 0.649. The predicted octanol–water partition coefficient (Wildman–Crippen LogP) is 0.354. The van der Waals surface area contributed by atoms with Crippen LogP contribution < -0.4 is 5.73 Å². The minimum absolute atomic E-state index is 0.293. The monoisotopic (exact) mass is 117 g/mol. The summed E-state index contributed by atoms with van der Waals surface area (Å²) in [4.78, 5) is 0. The van der Waals surface area contributed by atoms with Crippen LogP contribution in [0.15, 0.2) is 0 Å². The molecular formula is C6H15NO. The second-order valence-electron chi connectivity index (χ2n) is 2.19. The van der Waals surface area contributed by atoms with Gasteiger partial charge in [-0.05, 0) is 25.3 Å². The van der Waals surface area contributed by atoms with Crippen molar-refractivity contribution in [2.24, 2.45) is 11.7 Å². The van der Waals surface area contributed by atoms with E-state index in [-0.39, 0.29) is 0 Å². The van der Waals surface area contributed by atoms with Crippen molar-refractivity contribution < 1.29 is 5.11 Å². The Labute approximate surface area is 50.7 Å². The van der Waals surface area contributed by atoms with Gasteiger partial charge >= 0.3 is 0 Å². The van der Waals surface area contributed by atoms with Gasteiger partial charge in [-0.25, -0.2) is 0 Å². The SMILES string of the molecule is C[C@@H](CCN)CCO. The molecule has 50 valence electrons. The van der Waals surface area contributed by atoms with E-state index in [1.54, 1.807) is 0 Å². The summed E-state index contributed by atoms with van der Waals surface area (Å²) in [5.74, 6) is 0.588. The van der Waals surface area contributed by atoms with E-state index in [4.69, 9.17) is 10.8 Å². The van der Waals surface area contributed by atoms with Crippen LogP contribution in [-0.2, 0) is 0 Å². The van der Waals surface area contributed by atoms with Gasteiger partial charge in [0.25, 0.3) is 0 Å². The summed E-state index contributed by atoms with van der Waals surface area (Å²) >= 11 is 0. The molecule has 1 atom stereocenters. The Morgan fingerprint density at radius 2 is 2.12 bits per heavy atom. The highest BCUT2D eigenvalue weighted by Crippen LogP contribution is 2.03. The van der Waals surface area contributed by atoms with Crippen LogP contribution >= 0.6 is 0 Å². The Balaban J connectivity index is 2.92. The fourth-order valence-electron chi connectivity index (χ4n) is 0.649. The van der Waals surface area contributed by atoms with Gasteiger partial charge in [0.15, 0.2) is 0 Å². The predicted molar refractivity (Wildman–Crippen MR) is 34.5 cm³/mol. The standard InChI is InChI=1S/C6H15NO/c1-6(2-4-7)3-5-8/h6,8H,2-5,7H2,1H3/t6-/m0/s1. The summed E-state index contributed by atoms with van der Waals surface area (Å²) in [7, 11) is 0. The van der Waals surface area contributed by atoms with E-state index in [2.05, 4.69) is 6.92 Å². The van der Waals surface area contributed by atoms with Crippen LogP contribution in [0.25, 0.3) is 0 Å². The van der Waals surface area contributed by atoms with Gasteiger partial charge < -0.3 is 10.8 Å². The second kappa shape index (κ2) is 5.06. The number of aliphatic hydroxyl groups excluding tert-OH is 1. The van der Waals surface area contributed by atoms with Crippen molar-refractivity contribution in [2.45, 2.75) is 19.8 Å². The molecule has 0 aromatic rings. The number of hydrogen-bond donors (Lipinski definition) is 2. The molecule has 0 aromatic carbocycles. The Bertz CT molecular complexity index is 41.8. The first-order valence-electron chi connectivity index (χ1n) is 3.12. The summed E-state index contributed by atoms with van der Waals surface area (Å²) in [6.07, 6.45) is 1.91. The maximum atomic E-state index is 8.42. The van der Waals surface area contributed by atoms with Crippen LogP contribution in [0.4, 0.5) is 0 Å². The molecule has 0 aliphatic heterocycles. The first-order valence-corrected chi connectivity index (χ1v) is 3.12. The molecular weight excluding hydrogens is 102 g/mol. The average molecular weight is 117 g/mol. The molecule has 3 N–H and O–H groups in total. The quantitative estimate of drug-likeness (QED) is 0.558. The molecule has 0 bridgehead atoms. The zero-order valence-electron chi connectivity index (χ0n) is 5.43. The Kier molecular flexibility index (Phi) is 5.01. The molecule has 2 nitrogen and oxygen atoms in total. The van der Waals surface area contributed by atoms with Crippen LogP contribution in [0.3, 0.4) is 0 Å². The molecule has 0 radical (unpaired) electrons. The normalized spacial score (nSPS) is 13.9. The smallest absolute Gasteiger partial charge is 0.0433 e. The van der Waals surface area contributed by atoms with Crippen molar-refractivity contribution in [1.29, 1.82) is 0 Å². The Morgan fingerprint density at radius 1 is 1.50 bits per heavy atom. The van der Waals surface area contributed by atoms with Gasteiger partial charge in [0.1, 0.15) is 0 Å². The highest BCUT2D eigenvalue weighted by molar-refractivity contribution is 4.51. The highest BCUT2D eigenvalue weighted by atomic mass is 16.2. The third kappa shape index (κ3) is 4.09. The molecule has 0 fully saturated rings. The minimum atomic E-state index is 0.293. The number of nitrogens with two attached hydrogens (primary N) is 1. The average Bonchev–Trinajstić information content (AvgIpc) is 1.68. The van der Waals surface area contributed by atoms with Crippen LogP contribution in [0.1, 0.15) is 19.8 Å². The summed E-state index contributed by atoms with van der Waals surface area (Å²) in [6, 6.07) is 0. The van der Waals surface area contributed by atoms with Gasteiger partial charge in [0.05, 0.1) is 0 Å². The van der Waals surface area contributed by atoms with Crippen molar-refractivity contribution in [3.8, 4) is 0 Å². The van der Waals surface area contributed by atoms with E-state index >= 15 is 0 Å². The first kappa shape index (κ1) is 7.92. The van der Waals surface area contributed by atoms with Gasteiger partial charge in [0, 0.05) is 6.61 Å². The van der Waals surface area contributed by atoms with E-state index in [0.717, 1.165) is 19.4 Å². The van der Waals surface area contributed by atoms with Gasteiger partial charge in [-0.1, -0.05) is 6.92 Å². The lowest BCUT2D eigenvalue weighted by Crippen LogP contribution is -2.06. The van der Waals surface area contributed by atoms with Crippen LogP contribution in [-0.4, -0.2) is 18.3 Å². The summed E-state index contributed by atoms with van der Waals surface area (Å²) in [5, 5.41) is 8.42. The van der Waals surface area contributed by atoms with Crippen molar-refractivity contribution >= 4 is 0 Å². The summed E-state index contributed by atoms with van der Waals surface area (Å²) in [6.45, 7) is 3.13. The van der Waals surface area contributed by atoms with Crippen LogP contribution in [0.5, 0.6) is 0 Å². The molecule has 0 aromatic heterocycles. The van der Waals surface area contributed by atoms with E-state index in [9.17, 15) is 0 Å². The third-order valence-corrected chi connectivity index (χ3v) is 1.28. The van der Waals surface area contributed by atoms with Crippen molar-refractivity contribution in [3.63, 3.8) is 0 Å². The molecule has 0 saturated heterocycles. The number of rotatable bonds is 4. The summed E-state index contributed by atoms with van der Waals surface area (Å²) < 4.78 is 0. The van der Waals surface area contributed by atoms with Gasteiger partial charge in [-0.15, -0.1) is 0 Å². The van der Waals surface area contributed by atoms with Crippen molar-refractivity contribution in [3.05, 3.63) is 0 Å². The van der Waals surface area contributed by atoms with E-state index in [0.29, 0.717) is 12.5 Å². The molecule has 0 saturated carbocycles. The molecule has 0 unspecified atom stereocenters. The lowest BCUT2D eigenvalue weighted by molar-refractivity contribution is 0.259. The van der Waals surface area contributed by atoms with E-state index in [1.807, 2.05) is 0 Å². The van der Waals surface area contributed by atoms with Crippen molar-refractivity contribution in [2.75, 3.05) is 13.2 Å². The fraction of sp³-hybridized carbons (Fsp3) is 1.00. The summed E-state index contributed by atoms with van der Waals surface area (Å²) in [5.41, 5.74) is 5.28. The highest BCUT2D eigenvalue weighted by Gasteiger charge is 1.96. The number of hydrogen-bond acceptors (Lipinski definition) is 2. The van der Waals surface area contributed by atoms with Gasteiger partial charge in [-0.2, -0.15) is 0 Å². The maximum Gasteiger partial charge on any atom is 0.0433 e. The largest absolute Gasteiger partial charge is 0.396 e. The number of aliphatic hydroxyl groups is 1. The Hall–Kier alpha value is -0.0800. The zero-order chi connectivity index (χ0) is 6.41. The van der Waals surface area contributed by atoms with Crippen LogP contribution in [0.2, 0.25) is 0 Å². The molecule has 0 spiro atoms. The van der Waals surface area contributed by atoms with E-state index < -0.39 is 0 Å². The lowest BCUT2D eigenvalue weighted by Gasteiger charge is -2.04. The molecule has 0 heterocycles. The minimum Gasteiger partial charge on any atom is -0.396 e. The topological polar surface area (TPSA) is 46.2 Å². The van der Waals surface area contributed by atoms with Crippen molar-refractivity contribution in [1.82, 2.24) is 0 Å². The molecule has 0 rings (SSSR count). The Morgan fingerprint density at radius 3 is 2.50 bits per heavy atom. The molecule has 0 amide bonds. The second-order valence-corrected chi connectivity index (χ2v) is 2.19. The third-order valence-electron chi connectivity index (χ3n) is 1.28. The maximum absolute atomic E-state index is 8.42. The first-order chi connectivity index (χ1) is 3.81. The zero-order valence-corrected chi connectivity index (χ0v) is 5.43. The molecule has 8 heavy (non-hydrogen) atoms. The van der Waals surface area contributed by atoms with Crippen LogP contribution in [0, 0.1) is 5.92 Å². The van der Waals surface area contributed by atoms with Gasteiger partial charge in [-0.3, -0.25) is 0 Å². The van der Waals surface area contributed by atoms with Gasteiger partial charge in [0.2, 0.25) is 0 Å². The lowest BCUT2D eigenvalue weighted by atomic mass is 10.1. The molecule has 0 aliphatic rings. The molecule has 2 heteroatoms.